The number of allylic oxidation sites excluding steroid dienone is 3. The number of imide groups is 1. The highest BCUT2D eigenvalue weighted by Gasteiger charge is 2.64. The van der Waals surface area contributed by atoms with E-state index in [4.69, 9.17) is 53.2 Å². The third-order valence-electron chi connectivity index (χ3n) is 18.0. The van der Waals surface area contributed by atoms with Crippen LogP contribution < -0.4 is 31.3 Å². The molecule has 4 heterocycles. The number of carbonyl (C=O) groups is 10. The Morgan fingerprint density at radius 1 is 0.989 bits per heavy atom. The summed E-state index contributed by atoms with van der Waals surface area (Å²) in [4.78, 5) is 140. The SMILES string of the molecule is CNC(=O)c1cc(C(=O)N(C)[C@@H](C)C(=O)O[C@H]2CC(=O)N(C)c3cc(cc(OC)c3Cl)C/C(C)=C/C=C/[C@@H](OC)[C@]3(O)CC(=O)O[C@@H](C3)[C@@H](C)[C@@H]3O[C@@]23C)ccc1CC(=O)[C@H](CCCNC(N)=O)NC(=O)[C@@H](CC(=S)CCCCCN1C(=O)CC(C)C1=O)C(C)C. The molecule has 0 aliphatic carbocycles. The van der Waals surface area contributed by atoms with Gasteiger partial charge in [0.1, 0.15) is 46.3 Å². The highest BCUT2D eigenvalue weighted by molar-refractivity contribution is 7.80. The van der Waals surface area contributed by atoms with Gasteiger partial charge in [0.2, 0.25) is 23.6 Å². The third-order valence-corrected chi connectivity index (χ3v) is 18.7. The minimum atomic E-state index is -1.68. The van der Waals surface area contributed by atoms with Crippen LogP contribution >= 0.6 is 23.8 Å². The van der Waals surface area contributed by atoms with Gasteiger partial charge < -0.3 is 60.3 Å². The number of nitrogens with zero attached hydrogens (tertiary/aromatic N) is 3. The average molecular weight is 1300 g/mol. The normalized spacial score (nSPS) is 25.4. The number of rotatable bonds is 25. The number of hydrogen-bond donors (Lipinski definition) is 5. The summed E-state index contributed by atoms with van der Waals surface area (Å²) in [6.45, 7) is 12.7. The average Bonchev–Trinajstić information content (AvgIpc) is 1.59. The minimum absolute atomic E-state index is 0.0350. The van der Waals surface area contributed by atoms with Crippen LogP contribution in [0.15, 0.2) is 54.1 Å². The molecule has 4 aliphatic heterocycles. The van der Waals surface area contributed by atoms with Crippen LogP contribution in [0.3, 0.4) is 0 Å². The van der Waals surface area contributed by atoms with Gasteiger partial charge in [0.05, 0.1) is 37.8 Å². The van der Waals surface area contributed by atoms with Gasteiger partial charge in [0, 0.05) is 89.5 Å². The smallest absolute Gasteiger partial charge is 0.328 e. The summed E-state index contributed by atoms with van der Waals surface area (Å²) in [5.41, 5.74) is 4.33. The maximum Gasteiger partial charge on any atom is 0.328 e. The van der Waals surface area contributed by atoms with Crippen LogP contribution in [0.25, 0.3) is 0 Å². The van der Waals surface area contributed by atoms with Gasteiger partial charge in [-0.05, 0) is 112 Å². The summed E-state index contributed by atoms with van der Waals surface area (Å²) >= 11 is 12.6. The monoisotopic (exact) mass is 1300 g/mol. The number of likely N-dealkylation sites (N-methyl/N-ethyl adjacent to an activating group) is 1. The van der Waals surface area contributed by atoms with Crippen molar-refractivity contribution in [3.8, 4) is 5.75 Å². The number of halogens is 1. The second kappa shape index (κ2) is 31.9. The maximum absolute atomic E-state index is 14.6. The number of urea groups is 1. The van der Waals surface area contributed by atoms with Gasteiger partial charge in [-0.3, -0.25) is 43.3 Å². The van der Waals surface area contributed by atoms with E-state index in [0.29, 0.717) is 55.0 Å². The van der Waals surface area contributed by atoms with Gasteiger partial charge in [-0.1, -0.05) is 87.8 Å². The number of anilines is 1. The zero-order chi connectivity index (χ0) is 67.4. The fourth-order valence-electron chi connectivity index (χ4n) is 12.1. The molecule has 0 aromatic heterocycles. The van der Waals surface area contributed by atoms with E-state index in [1.807, 2.05) is 26.8 Å². The van der Waals surface area contributed by atoms with E-state index in [1.165, 1.54) is 70.3 Å². The van der Waals surface area contributed by atoms with Crippen LogP contribution in [0.1, 0.15) is 151 Å². The number of methoxy groups -OCH3 is 2. The predicted octanol–water partition coefficient (Wildman–Crippen LogP) is 6.47. The molecule has 4 aliphatic rings. The van der Waals surface area contributed by atoms with Crippen LogP contribution in [-0.4, -0.2) is 175 Å². The zero-order valence-corrected chi connectivity index (χ0v) is 55.8. The number of benzene rings is 2. The van der Waals surface area contributed by atoms with Gasteiger partial charge in [-0.2, -0.15) is 0 Å². The van der Waals surface area contributed by atoms with Crippen molar-refractivity contribution in [2.75, 3.05) is 53.4 Å². The number of esters is 2. The van der Waals surface area contributed by atoms with E-state index in [9.17, 15) is 53.1 Å². The molecule has 91 heavy (non-hydrogen) atoms. The highest BCUT2D eigenvalue weighted by atomic mass is 35.5. The van der Waals surface area contributed by atoms with Crippen molar-refractivity contribution in [2.24, 2.45) is 29.4 Å². The van der Waals surface area contributed by atoms with Crippen molar-refractivity contribution >= 4 is 93.6 Å². The van der Waals surface area contributed by atoms with Crippen molar-refractivity contribution in [1.29, 1.82) is 0 Å². The van der Waals surface area contributed by atoms with E-state index >= 15 is 0 Å². The minimum Gasteiger partial charge on any atom is -0.495 e. The number of unbranched alkanes of at least 4 members (excludes halogenated alkanes) is 2. The van der Waals surface area contributed by atoms with Crippen LogP contribution in [0, 0.1) is 23.7 Å². The number of ether oxygens (including phenoxy) is 5. The van der Waals surface area contributed by atoms with Crippen LogP contribution in [-0.2, 0) is 65.4 Å². The maximum atomic E-state index is 14.6. The lowest BCUT2D eigenvalue weighted by atomic mass is 9.78. The number of thiocarbonyl (C=S) groups is 1. The number of likely N-dealkylation sites (tertiary alicyclic amines) is 1. The van der Waals surface area contributed by atoms with Gasteiger partial charge >= 0.3 is 18.0 Å². The number of aliphatic hydroxyl groups is 1. The molecule has 3 saturated heterocycles. The van der Waals surface area contributed by atoms with E-state index in [1.54, 1.807) is 45.1 Å². The molecular weight excluding hydrogens is 1210 g/mol. The third kappa shape index (κ3) is 18.4. The first kappa shape index (κ1) is 72.9. The molecule has 23 nitrogen and oxygen atoms in total. The summed E-state index contributed by atoms with van der Waals surface area (Å²) < 4.78 is 29.9. The zero-order valence-electron chi connectivity index (χ0n) is 54.3. The van der Waals surface area contributed by atoms with E-state index in [-0.39, 0.29) is 96.9 Å². The Kier molecular flexibility index (Phi) is 25.6. The first-order valence-corrected chi connectivity index (χ1v) is 31.8. The molecule has 6 rings (SSSR count). The molecule has 0 radical (unpaired) electrons. The molecule has 11 atom stereocenters. The molecule has 2 aromatic carbocycles. The largest absolute Gasteiger partial charge is 0.495 e. The lowest BCUT2D eigenvalue weighted by molar-refractivity contribution is -0.187. The fourth-order valence-corrected chi connectivity index (χ4v) is 12.7. The summed E-state index contributed by atoms with van der Waals surface area (Å²) in [5.74, 6) is -6.12. The van der Waals surface area contributed by atoms with Crippen molar-refractivity contribution in [3.63, 3.8) is 0 Å². The van der Waals surface area contributed by atoms with Crippen LogP contribution in [0.5, 0.6) is 5.75 Å². The Labute approximate surface area is 543 Å². The van der Waals surface area contributed by atoms with Crippen LogP contribution in [0.4, 0.5) is 10.5 Å². The molecule has 2 aromatic rings. The molecule has 6 N–H and O–H groups in total. The Hall–Kier alpha value is -7.12. The second-order valence-corrected chi connectivity index (χ2v) is 26.1. The number of amides is 8. The number of Topliss-reactive ketones (excluding diaryl/α,β-unsaturated/α-hetero) is 1. The van der Waals surface area contributed by atoms with Gasteiger partial charge in [0.15, 0.2) is 5.78 Å². The Morgan fingerprint density at radius 2 is 1.70 bits per heavy atom. The van der Waals surface area contributed by atoms with Gasteiger partial charge in [-0.15, -0.1) is 0 Å². The predicted molar refractivity (Wildman–Crippen MR) is 343 cm³/mol. The molecule has 1 unspecified atom stereocenters. The number of nitrogens with one attached hydrogen (secondary N) is 3. The van der Waals surface area contributed by atoms with Crippen molar-refractivity contribution in [3.05, 3.63) is 81.4 Å². The first-order chi connectivity index (χ1) is 42.9. The lowest BCUT2D eigenvalue weighted by Gasteiger charge is -2.41. The Balaban J connectivity index is 1.20. The van der Waals surface area contributed by atoms with Gasteiger partial charge in [0.25, 0.3) is 11.8 Å². The number of ketones is 1. The number of primary amides is 1. The summed E-state index contributed by atoms with van der Waals surface area (Å²) in [7, 11) is 7.15. The van der Waals surface area contributed by atoms with Gasteiger partial charge in [-0.25, -0.2) is 9.59 Å². The highest BCUT2D eigenvalue weighted by Crippen LogP contribution is 2.50. The second-order valence-electron chi connectivity index (χ2n) is 25.1. The molecule has 498 valence electrons. The van der Waals surface area contributed by atoms with E-state index in [0.717, 1.165) is 16.0 Å². The number of hydrogen-bond acceptors (Lipinski definition) is 17. The van der Waals surface area contributed by atoms with E-state index < -0.39 is 113 Å². The fraction of sp³-hybridized carbons (Fsp3) is 0.591. The molecule has 8 amide bonds. The van der Waals surface area contributed by atoms with E-state index in [2.05, 4.69) is 16.0 Å². The van der Waals surface area contributed by atoms with Crippen molar-refractivity contribution in [2.45, 2.75) is 180 Å². The summed E-state index contributed by atoms with van der Waals surface area (Å²) in [5, 5.41) is 20.2. The lowest BCUT2D eigenvalue weighted by Crippen LogP contribution is -2.53. The van der Waals surface area contributed by atoms with Crippen molar-refractivity contribution in [1.82, 2.24) is 25.8 Å². The quantitative estimate of drug-likeness (QED) is 0.0234. The summed E-state index contributed by atoms with van der Waals surface area (Å²) in [6, 6.07) is 4.48. The van der Waals surface area contributed by atoms with Crippen LogP contribution in [0.2, 0.25) is 5.02 Å². The first-order valence-electron chi connectivity index (χ1n) is 31.0. The molecular formula is C66H90ClN7O16S. The molecule has 0 saturated carbocycles. The van der Waals surface area contributed by atoms with Crippen molar-refractivity contribution < 1.29 is 76.7 Å². The molecule has 0 spiro atoms. The number of fused-ring (bicyclic) bond motifs is 5. The molecule has 3 fully saturated rings. The molecule has 4 bridgehead atoms. The Morgan fingerprint density at radius 3 is 2.34 bits per heavy atom. The summed E-state index contributed by atoms with van der Waals surface area (Å²) in [6.07, 6.45) is 3.92. The topological polar surface area (TPSA) is 312 Å². The number of nitrogens with two attached hydrogens (primary N) is 1. The molecule has 25 heteroatoms. The Bertz CT molecular complexity index is 3170. The standard InChI is InChI=1S/C66H90ClN7O16S/c1-36(2)45(32-44(91)19-14-13-15-25-74-55(77)27-38(4)61(74)81)60(80)71-47(20-17-24-70-64(68)84)49(75)31-42-22-23-43(30-46(42)59(79)69-8)62(82)72(9)40(6)63(83)89-53-33-54(76)73(10)48-28-41(29-50(86-11)57(48)67)26-37(3)18-16-21-52(87-12)66(85)34-51(88-56(78)35-66)39(5)58-65(53,7)90-58/h16,18,21-23,28-30,36,38-40,45,47,51-53,58,85H,13-15,17,19-20,24-27,31-35H2,1-12H3,(H,69,79)(H,71,80)(H3,68,70,84)/b21-16+,37-18+/t38?,39-,40+,45+,47+,51+,52-,53+,58+,65+,66-/m1/s1. The number of carbonyl (C=O) groups excluding carboxylic acids is 10. The number of epoxide rings is 1.